The van der Waals surface area contributed by atoms with Gasteiger partial charge in [0.2, 0.25) is 12.2 Å². The van der Waals surface area contributed by atoms with Gasteiger partial charge in [-0.25, -0.2) is 14.0 Å². The Hall–Kier alpha value is -4.03. The molecule has 0 spiro atoms. The van der Waals surface area contributed by atoms with Gasteiger partial charge in [0.25, 0.3) is 0 Å². The highest BCUT2D eigenvalue weighted by Crippen LogP contribution is 2.41. The first kappa shape index (κ1) is 37.2. The molecule has 45 heavy (non-hydrogen) atoms. The van der Waals surface area contributed by atoms with Crippen molar-refractivity contribution < 1.29 is 28.6 Å². The Morgan fingerprint density at radius 2 is 1.69 bits per heavy atom. The lowest BCUT2D eigenvalue weighted by molar-refractivity contribution is -0.149. The van der Waals surface area contributed by atoms with Crippen molar-refractivity contribution in [3.63, 3.8) is 0 Å². The number of nitrogen functional groups attached to an aromatic ring is 1. The van der Waals surface area contributed by atoms with Crippen molar-refractivity contribution in [2.45, 2.75) is 89.5 Å². The number of unbranched alkanes of at least 4 members (excludes halogenated alkanes) is 1. The molecule has 2 heterocycles. The molecule has 0 aromatic carbocycles. The fourth-order valence-corrected chi connectivity index (χ4v) is 4.26. The number of aromatic nitrogens is 2. The molecule has 248 valence electrons. The zero-order valence-corrected chi connectivity index (χ0v) is 26.5. The van der Waals surface area contributed by atoms with Gasteiger partial charge in [0.15, 0.2) is 18.0 Å². The monoisotopic (exact) mass is 629 g/mol. The second-order valence-corrected chi connectivity index (χ2v) is 10.8. The summed E-state index contributed by atoms with van der Waals surface area (Å²) in [6.45, 7) is 3.44. The summed E-state index contributed by atoms with van der Waals surface area (Å²) in [7, 11) is 1.43. The number of halogens is 1. The molecule has 0 aliphatic carbocycles. The van der Waals surface area contributed by atoms with Gasteiger partial charge in [0, 0.05) is 32.8 Å². The van der Waals surface area contributed by atoms with Crippen LogP contribution in [0.2, 0.25) is 0 Å². The van der Waals surface area contributed by atoms with Crippen LogP contribution in [0.15, 0.2) is 77.8 Å². The highest BCUT2D eigenvalue weighted by atomic mass is 19.1. The fraction of sp³-hybridized carbons (Fsp3) is 0.515. The van der Waals surface area contributed by atoms with E-state index in [4.69, 9.17) is 15.2 Å². The van der Waals surface area contributed by atoms with Crippen molar-refractivity contribution in [1.82, 2.24) is 19.8 Å². The molecular weight excluding hydrogens is 581 g/mol. The number of carbonyl (C=O) groups is 2. The maximum absolute atomic E-state index is 15.3. The van der Waals surface area contributed by atoms with Crippen molar-refractivity contribution in [2.75, 3.05) is 25.9 Å². The molecule has 0 bridgehead atoms. The number of carbonyl (C=O) groups excluding carboxylic acids is 2. The number of amides is 2. The quantitative estimate of drug-likeness (QED) is 0.154. The zero-order valence-electron chi connectivity index (χ0n) is 26.5. The first-order chi connectivity index (χ1) is 21.6. The van der Waals surface area contributed by atoms with E-state index in [9.17, 15) is 19.5 Å². The maximum atomic E-state index is 15.3. The van der Waals surface area contributed by atoms with E-state index in [0.29, 0.717) is 12.8 Å². The van der Waals surface area contributed by atoms with E-state index in [2.05, 4.69) is 78.0 Å². The molecule has 1 fully saturated rings. The molecule has 4 N–H and O–H groups in total. The van der Waals surface area contributed by atoms with Crippen LogP contribution in [0.1, 0.15) is 71.4 Å². The number of aliphatic hydroxyl groups excluding tert-OH is 1. The third-order valence-electron chi connectivity index (χ3n) is 6.92. The first-order valence-electron chi connectivity index (χ1n) is 15.4. The minimum absolute atomic E-state index is 0.0580. The van der Waals surface area contributed by atoms with E-state index in [1.54, 1.807) is 0 Å². The molecule has 1 aliphatic heterocycles. The predicted molar refractivity (Wildman–Crippen MR) is 173 cm³/mol. The summed E-state index contributed by atoms with van der Waals surface area (Å²) in [6, 6.07) is 1.28. The number of ether oxygens (including phenoxy) is 2. The summed E-state index contributed by atoms with van der Waals surface area (Å²) in [5, 5.41) is 13.1. The van der Waals surface area contributed by atoms with E-state index < -0.39 is 36.1 Å². The molecule has 12 heteroatoms. The summed E-state index contributed by atoms with van der Waals surface area (Å²) in [4.78, 5) is 41.4. The molecule has 0 radical (unpaired) electrons. The van der Waals surface area contributed by atoms with Crippen LogP contribution in [0.25, 0.3) is 0 Å². The SMILES string of the molecule is CC/C=C\C/C=C\C/C=C\C/C=C\C/C=C\CCCC(=O)NCCN(C)C(=O)O[C@H]1O[C@@H](n2ccc(N)nc2=O)[C@](C)(F)[C@@H]1O. The lowest BCUT2D eigenvalue weighted by atomic mass is 10.0. The number of nitrogens with one attached hydrogen (secondary N) is 1. The molecule has 0 unspecified atom stereocenters. The molecule has 1 aromatic heterocycles. The number of anilines is 1. The van der Waals surface area contributed by atoms with Crippen molar-refractivity contribution in [1.29, 1.82) is 0 Å². The van der Waals surface area contributed by atoms with Crippen LogP contribution in [-0.2, 0) is 14.3 Å². The van der Waals surface area contributed by atoms with Crippen molar-refractivity contribution >= 4 is 17.8 Å². The highest BCUT2D eigenvalue weighted by molar-refractivity contribution is 5.75. The average Bonchev–Trinajstić information content (AvgIpc) is 3.21. The number of hydrogen-bond donors (Lipinski definition) is 3. The van der Waals surface area contributed by atoms with Crippen LogP contribution in [-0.4, -0.2) is 69.8 Å². The normalized spacial score (nSPS) is 22.0. The smallest absolute Gasteiger partial charge is 0.411 e. The van der Waals surface area contributed by atoms with Crippen LogP contribution in [0.5, 0.6) is 0 Å². The van der Waals surface area contributed by atoms with Crippen molar-refractivity contribution in [3.05, 3.63) is 83.5 Å². The maximum Gasteiger partial charge on any atom is 0.411 e. The largest absolute Gasteiger partial charge is 0.416 e. The van der Waals surface area contributed by atoms with E-state index in [1.807, 2.05) is 0 Å². The van der Waals surface area contributed by atoms with E-state index in [1.165, 1.54) is 19.3 Å². The van der Waals surface area contributed by atoms with Crippen LogP contribution in [0, 0.1) is 0 Å². The molecule has 2 amide bonds. The summed E-state index contributed by atoms with van der Waals surface area (Å²) in [5.74, 6) is -0.199. The van der Waals surface area contributed by atoms with E-state index in [-0.39, 0.29) is 24.8 Å². The number of nitrogens with zero attached hydrogens (tertiary/aromatic N) is 3. The number of allylic oxidation sites excluding steroid dienone is 10. The predicted octanol–water partition coefficient (Wildman–Crippen LogP) is 4.88. The van der Waals surface area contributed by atoms with Gasteiger partial charge in [-0.05, 0) is 57.9 Å². The Morgan fingerprint density at radius 1 is 1.11 bits per heavy atom. The topological polar surface area (TPSA) is 149 Å². The zero-order chi connectivity index (χ0) is 33.1. The molecule has 1 aliphatic rings. The number of aliphatic hydroxyl groups is 1. The lowest BCUT2D eigenvalue weighted by Gasteiger charge is -2.24. The Bertz CT molecular complexity index is 1270. The van der Waals surface area contributed by atoms with Crippen molar-refractivity contribution in [2.24, 2.45) is 0 Å². The Labute approximate surface area is 265 Å². The lowest BCUT2D eigenvalue weighted by Crippen LogP contribution is -2.44. The van der Waals surface area contributed by atoms with Crippen LogP contribution in [0.3, 0.4) is 0 Å². The number of likely N-dealkylation sites (N-methyl/N-ethyl adjacent to an activating group) is 1. The molecule has 1 saturated heterocycles. The molecule has 0 saturated carbocycles. The van der Waals surface area contributed by atoms with Gasteiger partial charge in [0.05, 0.1) is 0 Å². The van der Waals surface area contributed by atoms with Gasteiger partial charge >= 0.3 is 11.8 Å². The number of nitrogens with two attached hydrogens (primary N) is 1. The van der Waals surface area contributed by atoms with Crippen molar-refractivity contribution in [3.8, 4) is 0 Å². The first-order valence-corrected chi connectivity index (χ1v) is 15.4. The third kappa shape index (κ3) is 13.2. The second kappa shape index (κ2) is 20.1. The highest BCUT2D eigenvalue weighted by Gasteiger charge is 2.57. The number of hydrogen-bond acceptors (Lipinski definition) is 8. The van der Waals surface area contributed by atoms with E-state index in [0.717, 1.165) is 54.9 Å². The van der Waals surface area contributed by atoms with Gasteiger partial charge in [0.1, 0.15) is 5.82 Å². The average molecular weight is 630 g/mol. The Morgan fingerprint density at radius 3 is 2.27 bits per heavy atom. The Balaban J connectivity index is 1.58. The molecule has 11 nitrogen and oxygen atoms in total. The molecule has 2 rings (SSSR count). The van der Waals surface area contributed by atoms with Gasteiger partial charge in [-0.15, -0.1) is 0 Å². The molecular formula is C33H48FN5O6. The summed E-state index contributed by atoms with van der Waals surface area (Å²) >= 11 is 0. The number of rotatable bonds is 18. The summed E-state index contributed by atoms with van der Waals surface area (Å²) < 4.78 is 26.6. The Kier molecular flexibility index (Phi) is 16.6. The van der Waals surface area contributed by atoms with Gasteiger partial charge in [-0.2, -0.15) is 4.98 Å². The molecule has 1 aromatic rings. The van der Waals surface area contributed by atoms with Crippen LogP contribution in [0.4, 0.5) is 15.0 Å². The van der Waals surface area contributed by atoms with E-state index >= 15 is 4.39 Å². The minimum Gasteiger partial charge on any atom is -0.416 e. The summed E-state index contributed by atoms with van der Waals surface area (Å²) in [6.07, 6.45) is 23.1. The van der Waals surface area contributed by atoms with Gasteiger partial charge < -0.3 is 30.5 Å². The fourth-order valence-electron chi connectivity index (χ4n) is 4.26. The standard InChI is InChI=1S/C33H48FN5O6/c1-4-5-6-7-8-9-10-11-12-13-14-15-16-17-18-19-20-21-27(40)36-23-25-38(3)32(43)45-29-28(41)33(2,34)30(44-29)39-24-22-26(35)37-31(39)42/h5-6,8-9,11-12,14-15,17-18,22,24,28-30,41H,4,7,10,13,16,19-21,23,25H2,1-3H3,(H,36,40)(H2,35,37,42)/b6-5-,9-8-,12-11-,15-14-,18-17-/t28-,29-,30-,33-/m1/s1. The summed E-state index contributed by atoms with van der Waals surface area (Å²) in [5.41, 5.74) is 2.12. The van der Waals surface area contributed by atoms with Gasteiger partial charge in [-0.1, -0.05) is 67.7 Å². The minimum atomic E-state index is -2.47. The second-order valence-electron chi connectivity index (χ2n) is 10.8. The third-order valence-corrected chi connectivity index (χ3v) is 6.92. The van der Waals surface area contributed by atoms with Crippen LogP contribution >= 0.6 is 0 Å². The van der Waals surface area contributed by atoms with Gasteiger partial charge in [-0.3, -0.25) is 9.36 Å². The van der Waals surface area contributed by atoms with Crippen LogP contribution < -0.4 is 16.7 Å². The number of alkyl halides is 1. The molecule has 4 atom stereocenters.